The van der Waals surface area contributed by atoms with Gasteiger partial charge in [-0.3, -0.25) is 10.0 Å². The number of hydrogen-bond donors (Lipinski definition) is 3. The SMILES string of the molecule is COc1cc2ncnc(NCc3ccc(C(=O)NO)cc3)c2cc1OC. The van der Waals surface area contributed by atoms with Crippen molar-refractivity contribution in [2.45, 2.75) is 6.54 Å². The summed E-state index contributed by atoms with van der Waals surface area (Å²) in [6.45, 7) is 0.501. The maximum Gasteiger partial charge on any atom is 0.274 e. The summed E-state index contributed by atoms with van der Waals surface area (Å²) in [5.74, 6) is 1.31. The maximum atomic E-state index is 11.3. The van der Waals surface area contributed by atoms with Crippen LogP contribution in [0.3, 0.4) is 0 Å². The van der Waals surface area contributed by atoms with Crippen molar-refractivity contribution in [1.82, 2.24) is 15.4 Å². The average molecular weight is 354 g/mol. The Bertz CT molecular complexity index is 928. The molecular formula is C18H18N4O4. The number of aromatic nitrogens is 2. The molecule has 3 aromatic rings. The Hall–Kier alpha value is -3.39. The van der Waals surface area contributed by atoms with Crippen molar-refractivity contribution in [3.63, 3.8) is 0 Å². The van der Waals surface area contributed by atoms with Crippen molar-refractivity contribution in [1.29, 1.82) is 0 Å². The van der Waals surface area contributed by atoms with E-state index in [1.807, 2.05) is 6.07 Å². The van der Waals surface area contributed by atoms with Gasteiger partial charge in [-0.15, -0.1) is 0 Å². The first-order chi connectivity index (χ1) is 12.7. The molecule has 0 radical (unpaired) electrons. The Morgan fingerprint density at radius 2 is 1.77 bits per heavy atom. The van der Waals surface area contributed by atoms with E-state index in [0.717, 1.165) is 16.5 Å². The second kappa shape index (κ2) is 7.66. The summed E-state index contributed by atoms with van der Waals surface area (Å²) in [6.07, 6.45) is 1.48. The second-order valence-electron chi connectivity index (χ2n) is 5.44. The molecule has 0 aliphatic heterocycles. The minimum Gasteiger partial charge on any atom is -0.493 e. The molecule has 1 aromatic heterocycles. The average Bonchev–Trinajstić information content (AvgIpc) is 2.70. The van der Waals surface area contributed by atoms with Crippen molar-refractivity contribution >= 4 is 22.6 Å². The highest BCUT2D eigenvalue weighted by Crippen LogP contribution is 2.33. The molecule has 3 rings (SSSR count). The van der Waals surface area contributed by atoms with Gasteiger partial charge in [0.1, 0.15) is 12.1 Å². The summed E-state index contributed by atoms with van der Waals surface area (Å²) in [5.41, 5.74) is 3.66. The molecule has 0 aliphatic carbocycles. The molecule has 3 N–H and O–H groups in total. The molecule has 1 amide bonds. The van der Waals surface area contributed by atoms with Gasteiger partial charge in [-0.25, -0.2) is 15.4 Å². The van der Waals surface area contributed by atoms with E-state index >= 15 is 0 Å². The topological polar surface area (TPSA) is 106 Å². The fourth-order valence-corrected chi connectivity index (χ4v) is 2.55. The monoisotopic (exact) mass is 354 g/mol. The zero-order valence-corrected chi connectivity index (χ0v) is 14.3. The number of carbonyl (C=O) groups is 1. The Labute approximate surface area is 149 Å². The number of hydrogen-bond acceptors (Lipinski definition) is 7. The van der Waals surface area contributed by atoms with Crippen LogP contribution in [0.25, 0.3) is 10.9 Å². The Balaban J connectivity index is 1.83. The van der Waals surface area contributed by atoms with Gasteiger partial charge in [0.25, 0.3) is 5.91 Å². The molecule has 8 nitrogen and oxygen atoms in total. The molecule has 1 heterocycles. The predicted octanol–water partition coefficient (Wildman–Crippen LogP) is 2.38. The number of ether oxygens (including phenoxy) is 2. The molecule has 0 spiro atoms. The summed E-state index contributed by atoms with van der Waals surface area (Å²) in [5, 5.41) is 12.7. The molecule has 0 saturated carbocycles. The first kappa shape index (κ1) is 17.4. The largest absolute Gasteiger partial charge is 0.493 e. The maximum absolute atomic E-state index is 11.3. The molecule has 0 atom stereocenters. The molecule has 0 fully saturated rings. The van der Waals surface area contributed by atoms with Crippen LogP contribution in [-0.2, 0) is 6.54 Å². The van der Waals surface area contributed by atoms with Gasteiger partial charge in [-0.2, -0.15) is 0 Å². The van der Waals surface area contributed by atoms with Crippen molar-refractivity contribution in [2.75, 3.05) is 19.5 Å². The Kier molecular flexibility index (Phi) is 5.14. The summed E-state index contributed by atoms with van der Waals surface area (Å²) in [4.78, 5) is 19.9. The minimum absolute atomic E-state index is 0.376. The number of anilines is 1. The Morgan fingerprint density at radius 1 is 1.08 bits per heavy atom. The number of amides is 1. The summed E-state index contributed by atoms with van der Waals surface area (Å²) in [7, 11) is 3.15. The lowest BCUT2D eigenvalue weighted by Crippen LogP contribution is -2.18. The number of nitrogens with zero attached hydrogens (tertiary/aromatic N) is 2. The third-order valence-electron chi connectivity index (χ3n) is 3.92. The van der Waals surface area contributed by atoms with Crippen molar-refractivity contribution in [3.05, 3.63) is 53.9 Å². The van der Waals surface area contributed by atoms with E-state index in [1.165, 1.54) is 6.33 Å². The zero-order chi connectivity index (χ0) is 18.5. The van der Waals surface area contributed by atoms with Crippen LogP contribution in [0.5, 0.6) is 11.5 Å². The van der Waals surface area contributed by atoms with E-state index < -0.39 is 5.91 Å². The number of carbonyl (C=O) groups excluding carboxylic acids is 1. The standard InChI is InChI=1S/C18H18N4O4/c1-25-15-7-13-14(8-16(15)26-2)20-10-21-17(13)19-9-11-3-5-12(6-4-11)18(23)22-24/h3-8,10,24H,9H2,1-2H3,(H,22,23)(H,19,20,21). The lowest BCUT2D eigenvalue weighted by molar-refractivity contribution is 0.0706. The molecule has 26 heavy (non-hydrogen) atoms. The van der Waals surface area contributed by atoms with Gasteiger partial charge >= 0.3 is 0 Å². The van der Waals surface area contributed by atoms with Crippen LogP contribution in [0.2, 0.25) is 0 Å². The van der Waals surface area contributed by atoms with E-state index in [4.69, 9.17) is 14.7 Å². The lowest BCUT2D eigenvalue weighted by atomic mass is 10.1. The van der Waals surface area contributed by atoms with E-state index in [1.54, 1.807) is 50.0 Å². The highest BCUT2D eigenvalue weighted by Gasteiger charge is 2.11. The van der Waals surface area contributed by atoms with E-state index in [-0.39, 0.29) is 0 Å². The van der Waals surface area contributed by atoms with Gasteiger partial charge in [0, 0.05) is 23.6 Å². The first-order valence-electron chi connectivity index (χ1n) is 7.80. The minimum atomic E-state index is -0.549. The fourth-order valence-electron chi connectivity index (χ4n) is 2.55. The van der Waals surface area contributed by atoms with E-state index in [9.17, 15) is 4.79 Å². The van der Waals surface area contributed by atoms with Crippen molar-refractivity contribution in [3.8, 4) is 11.5 Å². The van der Waals surface area contributed by atoms with Gasteiger partial charge in [0.15, 0.2) is 11.5 Å². The highest BCUT2D eigenvalue weighted by atomic mass is 16.5. The van der Waals surface area contributed by atoms with Crippen LogP contribution in [0.1, 0.15) is 15.9 Å². The quantitative estimate of drug-likeness (QED) is 0.461. The Morgan fingerprint density at radius 3 is 2.42 bits per heavy atom. The molecule has 8 heteroatoms. The van der Waals surface area contributed by atoms with Gasteiger partial charge in [-0.1, -0.05) is 12.1 Å². The van der Waals surface area contributed by atoms with Crippen LogP contribution in [0.4, 0.5) is 5.82 Å². The van der Waals surface area contributed by atoms with Crippen LogP contribution < -0.4 is 20.3 Å². The summed E-state index contributed by atoms with van der Waals surface area (Å²) in [6, 6.07) is 10.5. The third-order valence-corrected chi connectivity index (χ3v) is 3.92. The van der Waals surface area contributed by atoms with Gasteiger partial charge < -0.3 is 14.8 Å². The molecule has 0 bridgehead atoms. The normalized spacial score (nSPS) is 10.4. The second-order valence-corrected chi connectivity index (χ2v) is 5.44. The highest BCUT2D eigenvalue weighted by molar-refractivity contribution is 5.93. The molecule has 0 saturated heterocycles. The number of hydroxylamine groups is 1. The molecule has 2 aromatic carbocycles. The molecule has 0 unspecified atom stereocenters. The molecular weight excluding hydrogens is 336 g/mol. The lowest BCUT2D eigenvalue weighted by Gasteiger charge is -2.12. The van der Waals surface area contributed by atoms with Gasteiger partial charge in [0.05, 0.1) is 19.7 Å². The van der Waals surface area contributed by atoms with Crippen molar-refractivity contribution in [2.24, 2.45) is 0 Å². The summed E-state index contributed by atoms with van der Waals surface area (Å²) < 4.78 is 10.6. The third kappa shape index (κ3) is 3.50. The van der Waals surface area contributed by atoms with E-state index in [0.29, 0.717) is 29.4 Å². The van der Waals surface area contributed by atoms with Crippen LogP contribution in [0.15, 0.2) is 42.7 Å². The fraction of sp³-hybridized carbons (Fsp3) is 0.167. The van der Waals surface area contributed by atoms with Crippen molar-refractivity contribution < 1.29 is 19.5 Å². The molecule has 0 aliphatic rings. The molecule has 134 valence electrons. The van der Waals surface area contributed by atoms with Crippen LogP contribution in [-0.4, -0.2) is 35.3 Å². The smallest absolute Gasteiger partial charge is 0.274 e. The number of methoxy groups -OCH3 is 2. The summed E-state index contributed by atoms with van der Waals surface area (Å²) >= 11 is 0. The first-order valence-corrected chi connectivity index (χ1v) is 7.80. The van der Waals surface area contributed by atoms with Gasteiger partial charge in [0.2, 0.25) is 0 Å². The van der Waals surface area contributed by atoms with E-state index in [2.05, 4.69) is 15.3 Å². The van der Waals surface area contributed by atoms with Crippen LogP contribution in [0, 0.1) is 0 Å². The number of nitrogens with one attached hydrogen (secondary N) is 2. The predicted molar refractivity (Wildman–Crippen MR) is 95.7 cm³/mol. The number of benzene rings is 2. The number of rotatable bonds is 6. The van der Waals surface area contributed by atoms with Crippen LogP contribution >= 0.6 is 0 Å². The zero-order valence-electron chi connectivity index (χ0n) is 14.3. The van der Waals surface area contributed by atoms with Gasteiger partial charge in [-0.05, 0) is 23.8 Å². The number of fused-ring (bicyclic) bond motifs is 1.